The molecule has 4 rings (SSSR count). The molecule has 0 aliphatic carbocycles. The number of nitrogens with zero attached hydrogens (tertiary/aromatic N) is 3. The lowest BCUT2D eigenvalue weighted by Crippen LogP contribution is -2.47. The molecule has 4 heterocycles. The van der Waals surface area contributed by atoms with Crippen molar-refractivity contribution in [1.82, 2.24) is 14.9 Å². The van der Waals surface area contributed by atoms with Crippen molar-refractivity contribution in [2.75, 3.05) is 31.6 Å². The second kappa shape index (κ2) is 8.26. The van der Waals surface area contributed by atoms with Gasteiger partial charge in [-0.25, -0.2) is 4.98 Å². The Morgan fingerprint density at radius 1 is 1.45 bits per heavy atom. The Labute approximate surface area is 170 Å². The maximum absolute atomic E-state index is 12.2. The highest BCUT2D eigenvalue weighted by Crippen LogP contribution is 2.37. The summed E-state index contributed by atoms with van der Waals surface area (Å²) in [6, 6.07) is 2.36. The average Bonchev–Trinajstić information content (AvgIpc) is 3.18. The standard InChI is InChI=1S/C22H27N5O2/c1-3-19(28)27-12-14(2)8-17(13-27)26-21-16(9-23)10-24-22-20(21)18(11-25-22)15-4-6-29-7-5-15/h3,10-11,14-15,17H,1,4-8,12-13H2,2H3,(H2,24,25,26)/t14-,17+/m0/s1. The first-order valence-electron chi connectivity index (χ1n) is 10.3. The van der Waals surface area contributed by atoms with Crippen LogP contribution in [0.3, 0.4) is 0 Å². The summed E-state index contributed by atoms with van der Waals surface area (Å²) in [5.74, 6) is 0.709. The number of likely N-dealkylation sites (tertiary alicyclic amines) is 1. The zero-order valence-corrected chi connectivity index (χ0v) is 16.8. The number of carbonyl (C=O) groups excluding carboxylic acids is 1. The predicted octanol–water partition coefficient (Wildman–Crippen LogP) is 3.16. The van der Waals surface area contributed by atoms with Gasteiger partial charge >= 0.3 is 0 Å². The van der Waals surface area contributed by atoms with Crippen LogP contribution in [-0.4, -0.2) is 53.1 Å². The maximum atomic E-state index is 12.2. The van der Waals surface area contributed by atoms with Crippen molar-refractivity contribution in [3.8, 4) is 6.07 Å². The molecule has 2 aromatic rings. The van der Waals surface area contributed by atoms with Crippen molar-refractivity contribution in [3.63, 3.8) is 0 Å². The van der Waals surface area contributed by atoms with Crippen LogP contribution in [0.2, 0.25) is 0 Å². The van der Waals surface area contributed by atoms with Gasteiger partial charge in [-0.15, -0.1) is 0 Å². The van der Waals surface area contributed by atoms with Gasteiger partial charge in [0, 0.05) is 50.1 Å². The summed E-state index contributed by atoms with van der Waals surface area (Å²) in [6.07, 6.45) is 7.88. The van der Waals surface area contributed by atoms with E-state index in [1.54, 1.807) is 6.20 Å². The second-order valence-corrected chi connectivity index (χ2v) is 8.14. The molecule has 7 nitrogen and oxygen atoms in total. The highest BCUT2D eigenvalue weighted by atomic mass is 16.5. The molecule has 2 saturated heterocycles. The van der Waals surface area contributed by atoms with Crippen LogP contribution >= 0.6 is 0 Å². The Balaban J connectivity index is 1.70. The molecule has 0 radical (unpaired) electrons. The van der Waals surface area contributed by atoms with Gasteiger partial charge in [-0.1, -0.05) is 13.5 Å². The monoisotopic (exact) mass is 393 g/mol. The fourth-order valence-corrected chi connectivity index (χ4v) is 4.65. The van der Waals surface area contributed by atoms with Crippen LogP contribution in [0.4, 0.5) is 5.69 Å². The molecular weight excluding hydrogens is 366 g/mol. The lowest BCUT2D eigenvalue weighted by Gasteiger charge is -2.37. The van der Waals surface area contributed by atoms with E-state index in [4.69, 9.17) is 4.74 Å². The van der Waals surface area contributed by atoms with Gasteiger partial charge in [-0.2, -0.15) is 5.26 Å². The number of amides is 1. The molecule has 2 aromatic heterocycles. The molecule has 0 aromatic carbocycles. The smallest absolute Gasteiger partial charge is 0.246 e. The lowest BCUT2D eigenvalue weighted by atomic mass is 9.90. The summed E-state index contributed by atoms with van der Waals surface area (Å²) in [5.41, 5.74) is 3.34. The van der Waals surface area contributed by atoms with Crippen LogP contribution < -0.4 is 5.32 Å². The SMILES string of the molecule is C=CC(=O)N1C[C@@H](C)C[C@@H](Nc2c(C#N)cnc3[nH]cc(C4CCOCC4)c23)C1. The summed E-state index contributed by atoms with van der Waals surface area (Å²) in [5, 5.41) is 14.3. The molecule has 7 heteroatoms. The van der Waals surface area contributed by atoms with E-state index in [9.17, 15) is 10.1 Å². The van der Waals surface area contributed by atoms with Gasteiger partial charge < -0.3 is 19.9 Å². The Kier molecular flexibility index (Phi) is 5.54. The number of H-pyrrole nitrogens is 1. The minimum atomic E-state index is -0.0479. The number of nitriles is 1. The molecule has 0 bridgehead atoms. The number of ether oxygens (including phenoxy) is 1. The molecule has 152 valence electrons. The van der Waals surface area contributed by atoms with Crippen molar-refractivity contribution in [1.29, 1.82) is 5.26 Å². The second-order valence-electron chi connectivity index (χ2n) is 8.14. The largest absolute Gasteiger partial charge is 0.381 e. The maximum Gasteiger partial charge on any atom is 0.246 e. The molecule has 0 spiro atoms. The molecular formula is C22H27N5O2. The average molecular weight is 393 g/mol. The van der Waals surface area contributed by atoms with E-state index < -0.39 is 0 Å². The Morgan fingerprint density at radius 3 is 2.97 bits per heavy atom. The fraction of sp³-hybridized carbons (Fsp3) is 0.500. The minimum absolute atomic E-state index is 0.0479. The zero-order valence-electron chi connectivity index (χ0n) is 16.8. The first kappa shape index (κ1) is 19.5. The Morgan fingerprint density at radius 2 is 2.24 bits per heavy atom. The fourth-order valence-electron chi connectivity index (χ4n) is 4.65. The van der Waals surface area contributed by atoms with E-state index in [1.807, 2.05) is 11.1 Å². The molecule has 2 aliphatic heterocycles. The number of pyridine rings is 1. The quantitative estimate of drug-likeness (QED) is 0.778. The molecule has 0 unspecified atom stereocenters. The highest BCUT2D eigenvalue weighted by Gasteiger charge is 2.29. The van der Waals surface area contributed by atoms with Gasteiger partial charge in [0.25, 0.3) is 0 Å². The number of anilines is 1. The number of fused-ring (bicyclic) bond motifs is 1. The van der Waals surface area contributed by atoms with E-state index in [1.165, 1.54) is 11.6 Å². The molecule has 1 amide bonds. The van der Waals surface area contributed by atoms with Crippen LogP contribution in [0.25, 0.3) is 11.0 Å². The number of nitrogens with one attached hydrogen (secondary N) is 2. The topological polar surface area (TPSA) is 94.0 Å². The number of rotatable bonds is 4. The molecule has 29 heavy (non-hydrogen) atoms. The number of aromatic nitrogens is 2. The summed E-state index contributed by atoms with van der Waals surface area (Å²) < 4.78 is 5.52. The van der Waals surface area contributed by atoms with E-state index >= 15 is 0 Å². The molecule has 2 atom stereocenters. The Hall–Kier alpha value is -2.85. The van der Waals surface area contributed by atoms with Crippen LogP contribution in [0.5, 0.6) is 0 Å². The van der Waals surface area contributed by atoms with Crippen molar-refractivity contribution >= 4 is 22.6 Å². The first-order chi connectivity index (χ1) is 14.1. The van der Waals surface area contributed by atoms with E-state index in [0.29, 0.717) is 23.9 Å². The van der Waals surface area contributed by atoms with Crippen molar-refractivity contribution in [2.45, 2.75) is 38.1 Å². The van der Waals surface area contributed by atoms with E-state index in [2.05, 4.69) is 34.9 Å². The normalized spacial score (nSPS) is 23.0. The molecule has 0 saturated carbocycles. The Bertz CT molecular complexity index is 954. The van der Waals surface area contributed by atoms with Crippen molar-refractivity contribution in [3.05, 3.63) is 36.2 Å². The summed E-state index contributed by atoms with van der Waals surface area (Å²) in [7, 11) is 0. The third-order valence-corrected chi connectivity index (χ3v) is 6.01. The van der Waals surface area contributed by atoms with E-state index in [0.717, 1.165) is 55.7 Å². The van der Waals surface area contributed by atoms with Gasteiger partial charge in [0.1, 0.15) is 11.7 Å². The predicted molar refractivity (Wildman–Crippen MR) is 112 cm³/mol. The number of aromatic amines is 1. The highest BCUT2D eigenvalue weighted by molar-refractivity contribution is 5.96. The van der Waals surface area contributed by atoms with Crippen LogP contribution in [0.1, 0.15) is 43.2 Å². The third kappa shape index (κ3) is 3.85. The minimum Gasteiger partial charge on any atom is -0.381 e. The molecule has 2 fully saturated rings. The lowest BCUT2D eigenvalue weighted by molar-refractivity contribution is -0.127. The zero-order chi connectivity index (χ0) is 20.4. The number of hydrogen-bond donors (Lipinski definition) is 2. The number of carbonyl (C=O) groups is 1. The van der Waals surface area contributed by atoms with Crippen LogP contribution in [-0.2, 0) is 9.53 Å². The van der Waals surface area contributed by atoms with Crippen molar-refractivity contribution in [2.24, 2.45) is 5.92 Å². The van der Waals surface area contributed by atoms with Gasteiger partial charge in [-0.05, 0) is 42.7 Å². The molecule has 2 N–H and O–H groups in total. The number of piperidine rings is 1. The summed E-state index contributed by atoms with van der Waals surface area (Å²) in [6.45, 7) is 8.60. The number of hydrogen-bond acceptors (Lipinski definition) is 5. The van der Waals surface area contributed by atoms with Gasteiger partial charge in [0.15, 0.2) is 0 Å². The third-order valence-electron chi connectivity index (χ3n) is 6.01. The van der Waals surface area contributed by atoms with Gasteiger partial charge in [-0.3, -0.25) is 4.79 Å². The summed E-state index contributed by atoms with van der Waals surface area (Å²) in [4.78, 5) is 21.7. The van der Waals surface area contributed by atoms with E-state index in [-0.39, 0.29) is 11.9 Å². The van der Waals surface area contributed by atoms with Crippen LogP contribution in [0, 0.1) is 17.2 Å². The first-order valence-corrected chi connectivity index (χ1v) is 10.3. The van der Waals surface area contributed by atoms with Gasteiger partial charge in [0.2, 0.25) is 5.91 Å². The molecule has 2 aliphatic rings. The van der Waals surface area contributed by atoms with Crippen LogP contribution in [0.15, 0.2) is 25.0 Å². The van der Waals surface area contributed by atoms with Gasteiger partial charge in [0.05, 0.1) is 11.3 Å². The van der Waals surface area contributed by atoms with Crippen molar-refractivity contribution < 1.29 is 9.53 Å². The summed E-state index contributed by atoms with van der Waals surface area (Å²) >= 11 is 0.